The molecule has 0 radical (unpaired) electrons. The molecular formula is C25H38B2N4Pt. The summed E-state index contributed by atoms with van der Waals surface area (Å²) in [5.41, 5.74) is 5.46. The van der Waals surface area contributed by atoms with Gasteiger partial charge < -0.3 is 0 Å². The third-order valence-electron chi connectivity index (χ3n) is 6.24. The first-order chi connectivity index (χ1) is 14.7. The zero-order chi connectivity index (χ0) is 24.0. The molecule has 0 bridgehead atoms. The van der Waals surface area contributed by atoms with E-state index >= 15 is 0 Å². The molecule has 0 aromatic heterocycles. The van der Waals surface area contributed by atoms with Gasteiger partial charge in [-0.2, -0.15) is 0 Å². The van der Waals surface area contributed by atoms with E-state index in [1.165, 1.54) is 26.6 Å². The van der Waals surface area contributed by atoms with Crippen molar-refractivity contribution >= 4 is 29.3 Å². The fourth-order valence-corrected chi connectivity index (χ4v) is 5.51. The summed E-state index contributed by atoms with van der Waals surface area (Å²) in [6, 6.07) is 18.2. The Morgan fingerprint density at radius 1 is 0.594 bits per heavy atom. The number of nitrogens with zero attached hydrogens (tertiary/aromatic N) is 4. The molecule has 1 saturated heterocycles. The molecule has 1 fully saturated rings. The van der Waals surface area contributed by atoms with Gasteiger partial charge >= 0.3 is 208 Å². The second-order valence-corrected chi connectivity index (χ2v) is 12.3. The number of hydrogen-bond acceptors (Lipinski definition) is 4. The summed E-state index contributed by atoms with van der Waals surface area (Å²) < 4.78 is 1.22. The molecule has 0 aliphatic carbocycles. The standard InChI is InChI=1S/C25H38B2N4.Pt/c1-24(2,3)20-11-15-22(16-12-20)30-19-31(27(29(9)10)26(30)28(7)8)23-17-13-21(14-18-23)25(4,5)6;/h11-18H,1-10H3;. The van der Waals surface area contributed by atoms with Gasteiger partial charge in [-0.25, -0.2) is 0 Å². The average Bonchev–Trinajstić information content (AvgIpc) is 3.00. The summed E-state index contributed by atoms with van der Waals surface area (Å²) in [6.45, 7) is 14.0. The van der Waals surface area contributed by atoms with Gasteiger partial charge in [0.15, 0.2) is 0 Å². The Balaban J connectivity index is 2.06. The fraction of sp³-hybridized carbons (Fsp3) is 0.480. The van der Waals surface area contributed by atoms with E-state index in [4.69, 9.17) is 0 Å². The van der Waals surface area contributed by atoms with E-state index in [-0.39, 0.29) is 24.6 Å². The first-order valence-corrected chi connectivity index (χ1v) is 12.5. The molecule has 0 N–H and O–H groups in total. The molecule has 2 aromatic rings. The van der Waals surface area contributed by atoms with Crippen LogP contribution < -0.4 is 9.62 Å². The Labute approximate surface area is 207 Å². The van der Waals surface area contributed by atoms with Gasteiger partial charge in [0.2, 0.25) is 0 Å². The predicted octanol–water partition coefficient (Wildman–Crippen LogP) is 4.42. The average molecular weight is 611 g/mol. The van der Waals surface area contributed by atoms with Crippen molar-refractivity contribution in [2.24, 2.45) is 0 Å². The predicted molar refractivity (Wildman–Crippen MR) is 139 cm³/mol. The zero-order valence-electron chi connectivity index (χ0n) is 21.4. The van der Waals surface area contributed by atoms with Crippen LogP contribution in [0.15, 0.2) is 48.5 Å². The van der Waals surface area contributed by atoms with Crippen molar-refractivity contribution < 1.29 is 19.4 Å². The van der Waals surface area contributed by atoms with E-state index in [1.54, 1.807) is 0 Å². The summed E-state index contributed by atoms with van der Waals surface area (Å²) >= 11 is 2.50. The van der Waals surface area contributed by atoms with Crippen LogP contribution in [0.2, 0.25) is 0 Å². The number of anilines is 2. The molecule has 0 atom stereocenters. The Hall–Kier alpha value is -1.35. The topological polar surface area (TPSA) is 13.0 Å². The van der Waals surface area contributed by atoms with Crippen LogP contribution in [0.3, 0.4) is 0 Å². The number of hydrogen-bond donors (Lipinski definition) is 0. The zero-order valence-corrected chi connectivity index (χ0v) is 23.7. The molecule has 3 rings (SSSR count). The van der Waals surface area contributed by atoms with E-state index in [9.17, 15) is 0 Å². The van der Waals surface area contributed by atoms with Crippen molar-refractivity contribution in [3.05, 3.63) is 59.7 Å². The van der Waals surface area contributed by atoms with E-state index in [2.05, 4.69) is 157 Å². The monoisotopic (exact) mass is 611 g/mol. The van der Waals surface area contributed by atoms with Gasteiger partial charge in [0.05, 0.1) is 0 Å². The molecule has 0 unspecified atom stereocenters. The van der Waals surface area contributed by atoms with Crippen LogP contribution in [-0.4, -0.2) is 55.7 Å². The SMILES string of the molecule is CN(C)B1B(N(C)C)N(c2ccc(C(C)(C)C)cc2)[C](=[Pt])N1c1ccc(C(C)(C)C)cc1. The van der Waals surface area contributed by atoms with Crippen LogP contribution >= 0.6 is 0 Å². The summed E-state index contributed by atoms with van der Waals surface area (Å²) in [6.07, 6.45) is 0. The first-order valence-electron chi connectivity index (χ1n) is 11.4. The third kappa shape index (κ3) is 4.93. The summed E-state index contributed by atoms with van der Waals surface area (Å²) in [5, 5.41) is 0. The van der Waals surface area contributed by atoms with Crippen LogP contribution in [0.25, 0.3) is 0 Å². The van der Waals surface area contributed by atoms with Gasteiger partial charge in [-0.1, -0.05) is 0 Å². The van der Waals surface area contributed by atoms with E-state index in [0.717, 1.165) is 0 Å². The molecule has 4 nitrogen and oxygen atoms in total. The molecular weight excluding hydrogens is 573 g/mol. The minimum absolute atomic E-state index is 0.147. The fourth-order valence-electron chi connectivity index (χ4n) is 4.33. The molecule has 0 saturated carbocycles. The van der Waals surface area contributed by atoms with Crippen molar-refractivity contribution in [3.8, 4) is 0 Å². The third-order valence-corrected chi connectivity index (χ3v) is 7.34. The van der Waals surface area contributed by atoms with Crippen LogP contribution in [0.4, 0.5) is 11.4 Å². The van der Waals surface area contributed by atoms with Crippen molar-refractivity contribution in [2.45, 2.75) is 52.4 Å². The van der Waals surface area contributed by atoms with Crippen LogP contribution in [0.5, 0.6) is 0 Å². The Kier molecular flexibility index (Phi) is 7.20. The van der Waals surface area contributed by atoms with Gasteiger partial charge in [-0.05, 0) is 0 Å². The molecule has 1 heterocycles. The molecule has 1 aliphatic heterocycles. The molecule has 0 spiro atoms. The van der Waals surface area contributed by atoms with Gasteiger partial charge in [0.25, 0.3) is 0 Å². The van der Waals surface area contributed by atoms with Crippen molar-refractivity contribution in [1.29, 1.82) is 0 Å². The second kappa shape index (κ2) is 9.12. The summed E-state index contributed by atoms with van der Waals surface area (Å²) in [5.74, 6) is 0. The van der Waals surface area contributed by atoms with Crippen molar-refractivity contribution in [1.82, 2.24) is 9.62 Å². The Bertz CT molecular complexity index is 866. The number of rotatable bonds is 4. The van der Waals surface area contributed by atoms with E-state index in [1.807, 2.05) is 0 Å². The molecule has 7 heteroatoms. The van der Waals surface area contributed by atoms with Gasteiger partial charge in [0, 0.05) is 0 Å². The molecule has 0 amide bonds. The summed E-state index contributed by atoms with van der Waals surface area (Å²) in [7, 11) is 8.70. The number of benzene rings is 2. The molecule has 174 valence electrons. The first kappa shape index (κ1) is 25.3. The molecule has 1 aliphatic rings. The van der Waals surface area contributed by atoms with E-state index < -0.39 is 0 Å². The van der Waals surface area contributed by atoms with Crippen LogP contribution in [0.1, 0.15) is 52.7 Å². The second-order valence-electron chi connectivity index (χ2n) is 11.3. The van der Waals surface area contributed by atoms with Gasteiger partial charge in [-0.3, -0.25) is 0 Å². The van der Waals surface area contributed by atoms with Crippen LogP contribution in [-0.2, 0) is 30.2 Å². The molecule has 2 aromatic carbocycles. The minimum atomic E-state index is 0.147. The normalized spacial score (nSPS) is 15.6. The summed E-state index contributed by atoms with van der Waals surface area (Å²) in [4.78, 5) is 9.59. The van der Waals surface area contributed by atoms with E-state index in [0.29, 0.717) is 0 Å². The molecule has 32 heavy (non-hydrogen) atoms. The maximum atomic E-state index is 2.50. The van der Waals surface area contributed by atoms with Gasteiger partial charge in [0.1, 0.15) is 0 Å². The van der Waals surface area contributed by atoms with Crippen LogP contribution in [0, 0.1) is 0 Å². The Morgan fingerprint density at radius 3 is 1.09 bits per heavy atom. The maximum absolute atomic E-state index is 2.50. The van der Waals surface area contributed by atoms with Crippen molar-refractivity contribution in [3.63, 3.8) is 0 Å². The quantitative estimate of drug-likeness (QED) is 0.475. The van der Waals surface area contributed by atoms with Crippen molar-refractivity contribution in [2.75, 3.05) is 37.8 Å². The Morgan fingerprint density at radius 2 is 0.875 bits per heavy atom. The van der Waals surface area contributed by atoms with Gasteiger partial charge in [-0.15, -0.1) is 0 Å².